The maximum Gasteiger partial charge on any atom is 0.255 e. The number of aromatic nitrogens is 1. The van der Waals surface area contributed by atoms with E-state index in [2.05, 4.69) is 45.3 Å². The molecule has 6 rings (SSSR count). The highest BCUT2D eigenvalue weighted by atomic mass is 19.1. The van der Waals surface area contributed by atoms with Gasteiger partial charge in [0, 0.05) is 66.8 Å². The zero-order valence-corrected chi connectivity index (χ0v) is 23.4. The molecule has 1 aliphatic rings. The number of aromatic amines is 1. The summed E-state index contributed by atoms with van der Waals surface area (Å²) in [6, 6.07) is 21.0. The van der Waals surface area contributed by atoms with E-state index in [4.69, 9.17) is 11.5 Å². The van der Waals surface area contributed by atoms with Gasteiger partial charge in [0.05, 0.1) is 11.1 Å². The van der Waals surface area contributed by atoms with Gasteiger partial charge in [-0.1, -0.05) is 30.3 Å². The van der Waals surface area contributed by atoms with Gasteiger partial charge >= 0.3 is 0 Å². The Morgan fingerprint density at radius 1 is 0.952 bits per heavy atom. The van der Waals surface area contributed by atoms with Crippen LogP contribution in [-0.4, -0.2) is 59.8 Å². The third-order valence-electron chi connectivity index (χ3n) is 8.11. The second kappa shape index (κ2) is 11.4. The number of nitrogens with two attached hydrogens (primary N) is 2. The summed E-state index contributed by atoms with van der Waals surface area (Å²) < 4.78 is 13.4. The normalized spacial score (nSPS) is 14.5. The van der Waals surface area contributed by atoms with Crippen molar-refractivity contribution in [2.24, 2.45) is 11.5 Å². The molecular weight excluding hydrogens is 531 g/mol. The Morgan fingerprint density at radius 2 is 1.71 bits per heavy atom. The maximum atomic E-state index is 13.4. The van der Waals surface area contributed by atoms with Crippen LogP contribution in [0.15, 0.2) is 72.8 Å². The summed E-state index contributed by atoms with van der Waals surface area (Å²) in [7, 11) is 2.15. The van der Waals surface area contributed by atoms with Crippen molar-refractivity contribution in [2.75, 3.05) is 38.5 Å². The first-order valence-electron chi connectivity index (χ1n) is 14.0. The smallest absolute Gasteiger partial charge is 0.255 e. The minimum absolute atomic E-state index is 0.159. The molecule has 0 unspecified atom stereocenters. The van der Waals surface area contributed by atoms with Crippen LogP contribution in [-0.2, 0) is 13.1 Å². The molecular formula is C33H33FN6O2. The summed E-state index contributed by atoms with van der Waals surface area (Å²) >= 11 is 0. The first-order chi connectivity index (χ1) is 20.3. The van der Waals surface area contributed by atoms with Crippen LogP contribution in [0.25, 0.3) is 32.9 Å². The molecule has 214 valence electrons. The first-order valence-corrected chi connectivity index (χ1v) is 14.0. The fourth-order valence-electron chi connectivity index (χ4n) is 5.82. The molecule has 0 spiro atoms. The van der Waals surface area contributed by atoms with Crippen LogP contribution in [0.2, 0.25) is 0 Å². The van der Waals surface area contributed by atoms with E-state index in [1.54, 1.807) is 12.1 Å². The van der Waals surface area contributed by atoms with E-state index in [0.717, 1.165) is 65.7 Å². The molecule has 0 atom stereocenters. The molecule has 2 heterocycles. The molecule has 42 heavy (non-hydrogen) atoms. The molecule has 9 heteroatoms. The van der Waals surface area contributed by atoms with E-state index in [1.807, 2.05) is 18.2 Å². The molecule has 0 saturated carbocycles. The SMILES string of the molecule is CN1CCN(Cc2ccc3c(c2)[nH]c2c(C(N)=O)ccc(-c4cccc(NC(=O)c5ccc(F)cc5)c4CN)c23)CC1. The summed E-state index contributed by atoms with van der Waals surface area (Å²) in [6.07, 6.45) is 0. The molecule has 5 aromatic rings. The van der Waals surface area contributed by atoms with E-state index in [1.165, 1.54) is 29.8 Å². The first kappa shape index (κ1) is 27.6. The van der Waals surface area contributed by atoms with E-state index in [0.29, 0.717) is 22.3 Å². The maximum absolute atomic E-state index is 13.4. The lowest BCUT2D eigenvalue weighted by molar-refractivity contribution is 0.0998. The Balaban J connectivity index is 1.43. The van der Waals surface area contributed by atoms with Crippen LogP contribution in [0.5, 0.6) is 0 Å². The number of fused-ring (bicyclic) bond motifs is 3. The molecule has 8 nitrogen and oxygen atoms in total. The summed E-state index contributed by atoms with van der Waals surface area (Å²) in [6.45, 7) is 5.15. The number of benzene rings is 4. The fourth-order valence-corrected chi connectivity index (χ4v) is 5.82. The highest BCUT2D eigenvalue weighted by Crippen LogP contribution is 2.39. The Labute approximate surface area is 243 Å². The van der Waals surface area contributed by atoms with E-state index >= 15 is 0 Å². The van der Waals surface area contributed by atoms with Crippen molar-refractivity contribution in [1.82, 2.24) is 14.8 Å². The van der Waals surface area contributed by atoms with Crippen molar-refractivity contribution in [1.29, 1.82) is 0 Å². The van der Waals surface area contributed by atoms with Crippen LogP contribution in [0, 0.1) is 5.82 Å². The van der Waals surface area contributed by atoms with Gasteiger partial charge in [0.1, 0.15) is 5.82 Å². The van der Waals surface area contributed by atoms with Gasteiger partial charge in [-0.05, 0) is 71.8 Å². The van der Waals surface area contributed by atoms with Crippen LogP contribution in [0.3, 0.4) is 0 Å². The van der Waals surface area contributed by atoms with Gasteiger partial charge in [-0.15, -0.1) is 0 Å². The van der Waals surface area contributed by atoms with Crippen LogP contribution in [0.1, 0.15) is 31.8 Å². The Kier molecular flexibility index (Phi) is 7.47. The van der Waals surface area contributed by atoms with Crippen molar-refractivity contribution in [3.8, 4) is 11.1 Å². The molecule has 0 aliphatic carbocycles. The number of likely N-dealkylation sites (N-methyl/N-ethyl adjacent to an activating group) is 1. The number of nitrogens with zero attached hydrogens (tertiary/aromatic N) is 2. The number of hydrogen-bond acceptors (Lipinski definition) is 5. The number of primary amides is 1. The van der Waals surface area contributed by atoms with Gasteiger partial charge in [-0.3, -0.25) is 14.5 Å². The molecule has 0 radical (unpaired) electrons. The number of anilines is 1. The van der Waals surface area contributed by atoms with Gasteiger partial charge in [-0.2, -0.15) is 0 Å². The number of piperazine rings is 1. The summed E-state index contributed by atoms with van der Waals surface area (Å²) in [5.74, 6) is -1.30. The van der Waals surface area contributed by atoms with Gasteiger partial charge in [0.15, 0.2) is 0 Å². The molecule has 6 N–H and O–H groups in total. The minimum Gasteiger partial charge on any atom is -0.366 e. The zero-order chi connectivity index (χ0) is 29.4. The lowest BCUT2D eigenvalue weighted by Crippen LogP contribution is -2.43. The molecule has 1 aromatic heterocycles. The van der Waals surface area contributed by atoms with E-state index in [-0.39, 0.29) is 12.5 Å². The topological polar surface area (TPSA) is 120 Å². The lowest BCUT2D eigenvalue weighted by atomic mass is 9.92. The van der Waals surface area contributed by atoms with Crippen LogP contribution < -0.4 is 16.8 Å². The van der Waals surface area contributed by atoms with Gasteiger partial charge in [0.2, 0.25) is 0 Å². The Morgan fingerprint density at radius 3 is 2.43 bits per heavy atom. The highest BCUT2D eigenvalue weighted by molar-refractivity contribution is 6.20. The van der Waals surface area contributed by atoms with Crippen LogP contribution >= 0.6 is 0 Å². The van der Waals surface area contributed by atoms with E-state index < -0.39 is 11.7 Å². The van der Waals surface area contributed by atoms with Crippen molar-refractivity contribution in [3.63, 3.8) is 0 Å². The number of carbonyl (C=O) groups excluding carboxylic acids is 2. The molecule has 4 aromatic carbocycles. The molecule has 1 fully saturated rings. The minimum atomic E-state index is -0.518. The van der Waals surface area contributed by atoms with Gasteiger partial charge in [0.25, 0.3) is 11.8 Å². The third-order valence-corrected chi connectivity index (χ3v) is 8.11. The predicted molar refractivity (Wildman–Crippen MR) is 165 cm³/mol. The highest BCUT2D eigenvalue weighted by Gasteiger charge is 2.21. The van der Waals surface area contributed by atoms with Crippen LogP contribution in [0.4, 0.5) is 10.1 Å². The second-order valence-electron chi connectivity index (χ2n) is 10.9. The summed E-state index contributed by atoms with van der Waals surface area (Å²) in [5, 5.41) is 4.77. The summed E-state index contributed by atoms with van der Waals surface area (Å²) in [5.41, 5.74) is 18.6. The van der Waals surface area contributed by atoms with Gasteiger partial charge in [-0.25, -0.2) is 4.39 Å². The Hall–Kier alpha value is -4.57. The third kappa shape index (κ3) is 5.25. The average molecular weight is 565 g/mol. The molecule has 1 aliphatic heterocycles. The second-order valence-corrected chi connectivity index (χ2v) is 10.9. The molecule has 0 bridgehead atoms. The lowest BCUT2D eigenvalue weighted by Gasteiger charge is -2.32. The predicted octanol–water partition coefficient (Wildman–Crippen LogP) is 4.68. The monoisotopic (exact) mass is 564 g/mol. The quantitative estimate of drug-likeness (QED) is 0.229. The van der Waals surface area contributed by atoms with Crippen molar-refractivity contribution >= 4 is 39.3 Å². The summed E-state index contributed by atoms with van der Waals surface area (Å²) in [4.78, 5) is 33.7. The number of nitrogens with one attached hydrogen (secondary N) is 2. The number of hydrogen-bond donors (Lipinski definition) is 4. The standard InChI is InChI=1S/C33H33FN6O2/c1-39-13-15-40(16-14-39)19-20-5-10-25-29(17-20)37-31-26(32(36)41)12-11-24(30(25)31)23-3-2-4-28(27(23)18-35)38-33(42)21-6-8-22(34)9-7-21/h2-12,17,37H,13-16,18-19,35H2,1H3,(H2,36,41)(H,38,42). The van der Waals surface area contributed by atoms with Crippen molar-refractivity contribution in [3.05, 3.63) is 101 Å². The van der Waals surface area contributed by atoms with Crippen molar-refractivity contribution in [2.45, 2.75) is 13.1 Å². The van der Waals surface area contributed by atoms with Gasteiger partial charge < -0.3 is 26.7 Å². The zero-order valence-electron chi connectivity index (χ0n) is 23.4. The largest absolute Gasteiger partial charge is 0.366 e. The number of H-pyrrole nitrogens is 1. The Bertz CT molecular complexity index is 1810. The number of carbonyl (C=O) groups is 2. The number of rotatable bonds is 7. The molecule has 2 amide bonds. The number of halogens is 1. The fraction of sp³-hybridized carbons (Fsp3) is 0.212. The molecule has 1 saturated heterocycles. The van der Waals surface area contributed by atoms with E-state index in [9.17, 15) is 14.0 Å². The number of amides is 2. The van der Waals surface area contributed by atoms with Crippen molar-refractivity contribution < 1.29 is 14.0 Å². The average Bonchev–Trinajstić information content (AvgIpc) is 3.36.